The molecule has 3 nitrogen and oxygen atoms in total. The van der Waals surface area contributed by atoms with Crippen LogP contribution in [0.25, 0.3) is 0 Å². The number of nitrogen functional groups attached to an aromatic ring is 1. The highest BCUT2D eigenvalue weighted by atomic mass is 35.5. The first-order valence-corrected chi connectivity index (χ1v) is 5.74. The number of anilines is 1. The Hall–Kier alpha value is -2.18. The number of hydrogen-bond acceptors (Lipinski definition) is 3. The zero-order chi connectivity index (χ0) is 13.0. The topological polar surface area (TPSA) is 59.0 Å². The second kappa shape index (κ2) is 5.44. The number of ether oxygens (including phenoxy) is 1. The molecule has 4 heteroatoms. The summed E-state index contributed by atoms with van der Waals surface area (Å²) in [7, 11) is 0. The van der Waals surface area contributed by atoms with Gasteiger partial charge in [0.2, 0.25) is 0 Å². The van der Waals surface area contributed by atoms with E-state index in [0.717, 1.165) is 5.56 Å². The molecule has 0 spiro atoms. The molecule has 2 rings (SSSR count). The van der Waals surface area contributed by atoms with Gasteiger partial charge in [-0.05, 0) is 29.8 Å². The van der Waals surface area contributed by atoms with Crippen molar-refractivity contribution >= 4 is 17.3 Å². The van der Waals surface area contributed by atoms with Gasteiger partial charge < -0.3 is 10.5 Å². The summed E-state index contributed by atoms with van der Waals surface area (Å²) in [4.78, 5) is 0. The maximum Gasteiger partial charge on any atom is 0.139 e. The summed E-state index contributed by atoms with van der Waals surface area (Å²) in [6.07, 6.45) is 0. The number of hydrogen-bond donors (Lipinski definition) is 1. The minimum Gasteiger partial charge on any atom is -0.487 e. The van der Waals surface area contributed by atoms with E-state index in [1.165, 1.54) is 0 Å². The molecule has 90 valence electrons. The molecule has 0 saturated heterocycles. The molecule has 0 fully saturated rings. The molecule has 0 aliphatic rings. The summed E-state index contributed by atoms with van der Waals surface area (Å²) in [5, 5.41) is 9.40. The van der Waals surface area contributed by atoms with E-state index >= 15 is 0 Å². The molecule has 18 heavy (non-hydrogen) atoms. The first kappa shape index (κ1) is 12.3. The average molecular weight is 259 g/mol. The fourth-order valence-corrected chi connectivity index (χ4v) is 1.72. The highest BCUT2D eigenvalue weighted by molar-refractivity contribution is 6.31. The van der Waals surface area contributed by atoms with Gasteiger partial charge in [0, 0.05) is 5.69 Å². The summed E-state index contributed by atoms with van der Waals surface area (Å²) < 4.78 is 5.59. The van der Waals surface area contributed by atoms with Gasteiger partial charge in [0.05, 0.1) is 5.02 Å². The van der Waals surface area contributed by atoms with Crippen LogP contribution in [-0.4, -0.2) is 0 Å². The van der Waals surface area contributed by atoms with Crippen molar-refractivity contribution in [2.45, 2.75) is 6.61 Å². The third-order valence-corrected chi connectivity index (χ3v) is 2.78. The number of benzene rings is 2. The molecule has 0 aliphatic heterocycles. The smallest absolute Gasteiger partial charge is 0.139 e. The number of nitrogens with zero attached hydrogens (tertiary/aromatic N) is 1. The van der Waals surface area contributed by atoms with Crippen LogP contribution in [0.15, 0.2) is 42.5 Å². The molecule has 2 aromatic carbocycles. The van der Waals surface area contributed by atoms with Crippen LogP contribution in [-0.2, 0) is 6.61 Å². The fraction of sp³-hybridized carbons (Fsp3) is 0.0714. The third-order valence-electron chi connectivity index (χ3n) is 2.46. The Labute approximate surface area is 110 Å². The van der Waals surface area contributed by atoms with E-state index in [1.807, 2.05) is 30.3 Å². The summed E-state index contributed by atoms with van der Waals surface area (Å²) in [6, 6.07) is 14.5. The van der Waals surface area contributed by atoms with Crippen LogP contribution in [0.3, 0.4) is 0 Å². The van der Waals surface area contributed by atoms with Crippen molar-refractivity contribution < 1.29 is 4.74 Å². The predicted molar refractivity (Wildman–Crippen MR) is 71.4 cm³/mol. The highest BCUT2D eigenvalue weighted by Gasteiger charge is 2.07. The second-order valence-electron chi connectivity index (χ2n) is 3.76. The number of rotatable bonds is 3. The normalized spacial score (nSPS) is 9.78. The Morgan fingerprint density at radius 2 is 1.89 bits per heavy atom. The maximum absolute atomic E-state index is 9.00. The van der Waals surface area contributed by atoms with Crippen molar-refractivity contribution in [3.8, 4) is 11.8 Å². The maximum atomic E-state index is 9.00. The van der Waals surface area contributed by atoms with Gasteiger partial charge in [-0.15, -0.1) is 0 Å². The molecule has 0 amide bonds. The van der Waals surface area contributed by atoms with Crippen LogP contribution in [0.4, 0.5) is 5.69 Å². The van der Waals surface area contributed by atoms with Crippen molar-refractivity contribution in [2.75, 3.05) is 5.73 Å². The number of nitriles is 1. The monoisotopic (exact) mass is 258 g/mol. The first-order chi connectivity index (χ1) is 8.70. The van der Waals surface area contributed by atoms with Crippen LogP contribution in [0.2, 0.25) is 5.02 Å². The van der Waals surface area contributed by atoms with E-state index in [2.05, 4.69) is 0 Å². The van der Waals surface area contributed by atoms with E-state index < -0.39 is 0 Å². The average Bonchev–Trinajstić information content (AvgIpc) is 2.38. The van der Waals surface area contributed by atoms with Crippen molar-refractivity contribution in [2.24, 2.45) is 0 Å². The van der Waals surface area contributed by atoms with Gasteiger partial charge in [0.15, 0.2) is 0 Å². The highest BCUT2D eigenvalue weighted by Crippen LogP contribution is 2.26. The number of nitrogens with two attached hydrogens (primary N) is 1. The van der Waals surface area contributed by atoms with Gasteiger partial charge in [0.25, 0.3) is 0 Å². The predicted octanol–water partition coefficient (Wildman–Crippen LogP) is 3.37. The number of halogens is 1. The van der Waals surface area contributed by atoms with Gasteiger partial charge in [0.1, 0.15) is 24.0 Å². The lowest BCUT2D eigenvalue weighted by Crippen LogP contribution is -1.98. The molecular weight excluding hydrogens is 248 g/mol. The van der Waals surface area contributed by atoms with Crippen molar-refractivity contribution in [1.29, 1.82) is 5.26 Å². The molecule has 0 unspecified atom stereocenters. The Balaban J connectivity index is 2.14. The molecule has 0 heterocycles. The fourth-order valence-electron chi connectivity index (χ4n) is 1.51. The van der Waals surface area contributed by atoms with Gasteiger partial charge in [-0.1, -0.05) is 29.8 Å². The Morgan fingerprint density at radius 3 is 2.56 bits per heavy atom. The van der Waals surface area contributed by atoms with E-state index in [-0.39, 0.29) is 0 Å². The quantitative estimate of drug-likeness (QED) is 0.859. The lowest BCUT2D eigenvalue weighted by molar-refractivity contribution is 0.305. The van der Waals surface area contributed by atoms with Crippen LogP contribution in [0, 0.1) is 11.3 Å². The molecule has 0 saturated carbocycles. The zero-order valence-electron chi connectivity index (χ0n) is 9.56. The lowest BCUT2D eigenvalue weighted by atomic mass is 10.2. The summed E-state index contributed by atoms with van der Waals surface area (Å²) >= 11 is 5.91. The van der Waals surface area contributed by atoms with Crippen LogP contribution in [0.1, 0.15) is 11.1 Å². The molecule has 0 atom stereocenters. The van der Waals surface area contributed by atoms with Crippen molar-refractivity contribution in [3.63, 3.8) is 0 Å². The molecule has 0 radical (unpaired) electrons. The summed E-state index contributed by atoms with van der Waals surface area (Å²) in [5.74, 6) is 0.488. The summed E-state index contributed by atoms with van der Waals surface area (Å²) in [6.45, 7) is 0.370. The second-order valence-corrected chi connectivity index (χ2v) is 4.16. The van der Waals surface area contributed by atoms with Gasteiger partial charge >= 0.3 is 0 Å². The first-order valence-electron chi connectivity index (χ1n) is 5.36. The Morgan fingerprint density at radius 1 is 1.17 bits per heavy atom. The van der Waals surface area contributed by atoms with E-state index in [1.54, 1.807) is 18.2 Å². The summed E-state index contributed by atoms with van der Waals surface area (Å²) in [5.41, 5.74) is 7.64. The van der Waals surface area contributed by atoms with Crippen LogP contribution < -0.4 is 10.5 Å². The van der Waals surface area contributed by atoms with Gasteiger partial charge in [-0.2, -0.15) is 5.26 Å². The minimum absolute atomic E-state index is 0.356. The minimum atomic E-state index is 0.356. The lowest BCUT2D eigenvalue weighted by Gasteiger charge is -2.08. The largest absolute Gasteiger partial charge is 0.487 e. The van der Waals surface area contributed by atoms with Crippen LogP contribution in [0.5, 0.6) is 5.75 Å². The molecule has 0 aromatic heterocycles. The molecule has 2 N–H and O–H groups in total. The van der Waals surface area contributed by atoms with Gasteiger partial charge in [-0.25, -0.2) is 0 Å². The molecule has 0 aliphatic carbocycles. The van der Waals surface area contributed by atoms with Crippen LogP contribution >= 0.6 is 11.6 Å². The zero-order valence-corrected chi connectivity index (χ0v) is 10.3. The van der Waals surface area contributed by atoms with E-state index in [9.17, 15) is 0 Å². The molecular formula is C14H11ClN2O. The molecule has 2 aromatic rings. The Kier molecular flexibility index (Phi) is 3.71. The SMILES string of the molecule is N#Cc1c(Cl)cccc1OCc1ccc(N)cc1. The molecule has 0 bridgehead atoms. The van der Waals surface area contributed by atoms with Crippen molar-refractivity contribution in [1.82, 2.24) is 0 Å². The third kappa shape index (κ3) is 2.73. The Bertz CT molecular complexity index is 588. The van der Waals surface area contributed by atoms with Gasteiger partial charge in [-0.3, -0.25) is 0 Å². The standard InChI is InChI=1S/C14H11ClN2O/c15-13-2-1-3-14(12(13)8-16)18-9-10-4-6-11(17)7-5-10/h1-7H,9,17H2. The van der Waals surface area contributed by atoms with E-state index in [4.69, 9.17) is 27.3 Å². The van der Waals surface area contributed by atoms with Crippen molar-refractivity contribution in [3.05, 3.63) is 58.6 Å². The van der Waals surface area contributed by atoms with E-state index in [0.29, 0.717) is 28.6 Å².